The maximum absolute atomic E-state index is 13.6. The fourth-order valence-electron chi connectivity index (χ4n) is 2.57. The first kappa shape index (κ1) is 18.5. The molecule has 6 heteroatoms. The molecule has 3 aromatic rings. The normalized spacial score (nSPS) is 10.5. The Hall–Kier alpha value is -3.28. The summed E-state index contributed by atoms with van der Waals surface area (Å²) >= 11 is 0. The van der Waals surface area contributed by atoms with Crippen LogP contribution in [0.2, 0.25) is 0 Å². The van der Waals surface area contributed by atoms with Gasteiger partial charge in [-0.3, -0.25) is 4.79 Å². The second-order valence-corrected chi connectivity index (χ2v) is 6.32. The van der Waals surface area contributed by atoms with E-state index in [0.29, 0.717) is 30.0 Å². The Morgan fingerprint density at radius 2 is 1.78 bits per heavy atom. The molecule has 0 unspecified atom stereocenters. The van der Waals surface area contributed by atoms with Gasteiger partial charge in [-0.05, 0) is 55.2 Å². The van der Waals surface area contributed by atoms with E-state index in [1.54, 1.807) is 18.2 Å². The largest absolute Gasteiger partial charge is 0.352 e. The second-order valence-electron chi connectivity index (χ2n) is 6.32. The molecule has 0 fully saturated rings. The number of nitrogens with zero attached hydrogens (tertiary/aromatic N) is 2. The van der Waals surface area contributed by atoms with Crippen molar-refractivity contribution >= 4 is 17.5 Å². The van der Waals surface area contributed by atoms with Gasteiger partial charge in [-0.2, -0.15) is 0 Å². The van der Waals surface area contributed by atoms with E-state index < -0.39 is 0 Å². The van der Waals surface area contributed by atoms with Crippen LogP contribution in [0.3, 0.4) is 0 Å². The van der Waals surface area contributed by atoms with Gasteiger partial charge >= 0.3 is 0 Å². The number of carbonyl (C=O) groups excluding carboxylic acids is 1. The Balaban J connectivity index is 1.55. The average molecular weight is 364 g/mol. The van der Waals surface area contributed by atoms with Gasteiger partial charge in [0.15, 0.2) is 0 Å². The van der Waals surface area contributed by atoms with Crippen LogP contribution in [-0.4, -0.2) is 22.4 Å². The fraction of sp³-hybridized carbons (Fsp3) is 0.190. The van der Waals surface area contributed by atoms with Crippen molar-refractivity contribution in [2.24, 2.45) is 0 Å². The predicted molar refractivity (Wildman–Crippen MR) is 104 cm³/mol. The molecular formula is C21H21FN4O. The van der Waals surface area contributed by atoms with Crippen molar-refractivity contribution in [1.29, 1.82) is 0 Å². The smallest absolute Gasteiger partial charge is 0.254 e. The van der Waals surface area contributed by atoms with Crippen LogP contribution < -0.4 is 10.6 Å². The lowest BCUT2D eigenvalue weighted by Crippen LogP contribution is -2.26. The molecular weight excluding hydrogens is 343 g/mol. The van der Waals surface area contributed by atoms with E-state index in [-0.39, 0.29) is 11.7 Å². The minimum atomic E-state index is -0.288. The number of halogens is 1. The summed E-state index contributed by atoms with van der Waals surface area (Å²) in [5, 5.41) is 5.86. The highest BCUT2D eigenvalue weighted by molar-refractivity contribution is 5.93. The lowest BCUT2D eigenvalue weighted by molar-refractivity contribution is 0.0953. The van der Waals surface area contributed by atoms with Gasteiger partial charge in [0, 0.05) is 24.6 Å². The van der Waals surface area contributed by atoms with Crippen molar-refractivity contribution in [3.8, 4) is 0 Å². The standard InChI is InChI=1S/C21H21FN4O/c1-14-7-8-18(11-15(14)2)26-21-24-12-17(13-25-21)20(27)23-10-9-16-5-3-4-6-19(16)22/h3-8,11-13H,9-10H2,1-2H3,(H,23,27)(H,24,25,26). The highest BCUT2D eigenvalue weighted by atomic mass is 19.1. The fourth-order valence-corrected chi connectivity index (χ4v) is 2.57. The van der Waals surface area contributed by atoms with E-state index in [1.165, 1.54) is 29.6 Å². The first-order valence-corrected chi connectivity index (χ1v) is 8.71. The zero-order valence-electron chi connectivity index (χ0n) is 15.3. The molecule has 3 rings (SSSR count). The number of aryl methyl sites for hydroxylation is 2. The molecule has 1 heterocycles. The molecule has 1 aromatic heterocycles. The third-order valence-corrected chi connectivity index (χ3v) is 4.31. The summed E-state index contributed by atoms with van der Waals surface area (Å²) in [6.45, 7) is 4.42. The molecule has 0 spiro atoms. The Morgan fingerprint density at radius 3 is 2.48 bits per heavy atom. The Kier molecular flexibility index (Phi) is 5.76. The number of benzene rings is 2. The molecule has 0 saturated carbocycles. The summed E-state index contributed by atoms with van der Waals surface area (Å²) in [5.41, 5.74) is 4.20. The van der Waals surface area contributed by atoms with Crippen LogP contribution in [0, 0.1) is 19.7 Å². The number of rotatable bonds is 6. The molecule has 27 heavy (non-hydrogen) atoms. The monoisotopic (exact) mass is 364 g/mol. The Morgan fingerprint density at radius 1 is 1.04 bits per heavy atom. The van der Waals surface area contributed by atoms with Gasteiger partial charge in [0.05, 0.1) is 5.56 Å². The van der Waals surface area contributed by atoms with Crippen LogP contribution in [0.25, 0.3) is 0 Å². The summed E-state index contributed by atoms with van der Waals surface area (Å²) in [4.78, 5) is 20.5. The molecule has 0 saturated heterocycles. The summed E-state index contributed by atoms with van der Waals surface area (Å²) in [6.07, 6.45) is 3.36. The van der Waals surface area contributed by atoms with Crippen molar-refractivity contribution < 1.29 is 9.18 Å². The van der Waals surface area contributed by atoms with Crippen LogP contribution in [-0.2, 0) is 6.42 Å². The van der Waals surface area contributed by atoms with Crippen molar-refractivity contribution in [2.45, 2.75) is 20.3 Å². The number of anilines is 2. The van der Waals surface area contributed by atoms with E-state index in [9.17, 15) is 9.18 Å². The van der Waals surface area contributed by atoms with Gasteiger partial charge < -0.3 is 10.6 Å². The van der Waals surface area contributed by atoms with Gasteiger partial charge in [-0.25, -0.2) is 14.4 Å². The van der Waals surface area contributed by atoms with Crippen molar-refractivity contribution in [1.82, 2.24) is 15.3 Å². The van der Waals surface area contributed by atoms with Crippen LogP contribution in [0.5, 0.6) is 0 Å². The predicted octanol–water partition coefficient (Wildman–Crippen LogP) is 3.95. The second kappa shape index (κ2) is 8.40. The molecule has 1 amide bonds. The lowest BCUT2D eigenvalue weighted by Gasteiger charge is -2.08. The van der Waals surface area contributed by atoms with E-state index >= 15 is 0 Å². The molecule has 0 atom stereocenters. The molecule has 0 aliphatic rings. The number of hydrogen-bond acceptors (Lipinski definition) is 4. The first-order valence-electron chi connectivity index (χ1n) is 8.71. The summed E-state index contributed by atoms with van der Waals surface area (Å²) in [7, 11) is 0. The highest BCUT2D eigenvalue weighted by Crippen LogP contribution is 2.17. The molecule has 0 aliphatic heterocycles. The van der Waals surface area contributed by atoms with Gasteiger partial charge in [0.1, 0.15) is 5.82 Å². The van der Waals surface area contributed by atoms with Gasteiger partial charge in [0.2, 0.25) is 5.95 Å². The quantitative estimate of drug-likeness (QED) is 0.695. The maximum atomic E-state index is 13.6. The number of nitrogens with one attached hydrogen (secondary N) is 2. The lowest BCUT2D eigenvalue weighted by atomic mass is 10.1. The summed E-state index contributed by atoms with van der Waals surface area (Å²) in [6, 6.07) is 12.5. The molecule has 0 radical (unpaired) electrons. The van der Waals surface area contributed by atoms with Gasteiger partial charge in [-0.1, -0.05) is 24.3 Å². The molecule has 5 nitrogen and oxygen atoms in total. The minimum Gasteiger partial charge on any atom is -0.352 e. The number of amides is 1. The topological polar surface area (TPSA) is 66.9 Å². The zero-order valence-corrected chi connectivity index (χ0v) is 15.3. The SMILES string of the molecule is Cc1ccc(Nc2ncc(C(=O)NCCc3ccccc3F)cn2)cc1C. The van der Waals surface area contributed by atoms with E-state index in [4.69, 9.17) is 0 Å². The van der Waals surface area contributed by atoms with Gasteiger partial charge in [-0.15, -0.1) is 0 Å². The molecule has 2 N–H and O–H groups in total. The van der Waals surface area contributed by atoms with Gasteiger partial charge in [0.25, 0.3) is 5.91 Å². The summed E-state index contributed by atoms with van der Waals surface area (Å²) < 4.78 is 13.6. The van der Waals surface area contributed by atoms with E-state index in [2.05, 4.69) is 27.5 Å². The zero-order chi connectivity index (χ0) is 19.2. The van der Waals surface area contributed by atoms with Crippen molar-refractivity contribution in [2.75, 3.05) is 11.9 Å². The van der Waals surface area contributed by atoms with Crippen molar-refractivity contribution in [3.63, 3.8) is 0 Å². The third-order valence-electron chi connectivity index (χ3n) is 4.31. The molecule has 138 valence electrons. The Bertz CT molecular complexity index is 941. The summed E-state index contributed by atoms with van der Waals surface area (Å²) in [5.74, 6) is -0.137. The van der Waals surface area contributed by atoms with E-state index in [0.717, 1.165) is 5.69 Å². The van der Waals surface area contributed by atoms with Crippen LogP contribution in [0.1, 0.15) is 27.0 Å². The van der Waals surface area contributed by atoms with E-state index in [1.807, 2.05) is 25.1 Å². The molecule has 0 bridgehead atoms. The van der Waals surface area contributed by atoms with Crippen LogP contribution >= 0.6 is 0 Å². The molecule has 0 aliphatic carbocycles. The first-order chi connectivity index (χ1) is 13.0. The molecule has 2 aromatic carbocycles. The Labute approximate surface area is 157 Å². The van der Waals surface area contributed by atoms with Crippen molar-refractivity contribution in [3.05, 3.63) is 82.9 Å². The number of hydrogen-bond donors (Lipinski definition) is 2. The maximum Gasteiger partial charge on any atom is 0.254 e. The number of aromatic nitrogens is 2. The number of carbonyl (C=O) groups is 1. The third kappa shape index (κ3) is 4.88. The highest BCUT2D eigenvalue weighted by Gasteiger charge is 2.08. The average Bonchev–Trinajstić information content (AvgIpc) is 2.67. The minimum absolute atomic E-state index is 0.267. The van der Waals surface area contributed by atoms with Crippen LogP contribution in [0.4, 0.5) is 16.0 Å². The van der Waals surface area contributed by atoms with Crippen LogP contribution in [0.15, 0.2) is 54.9 Å².